The van der Waals surface area contributed by atoms with Crippen LogP contribution < -0.4 is 5.32 Å². The van der Waals surface area contributed by atoms with Crippen LogP contribution in [0.5, 0.6) is 0 Å². The Hall–Kier alpha value is -1.73. The second kappa shape index (κ2) is 9.25. The van der Waals surface area contributed by atoms with E-state index in [2.05, 4.69) is 5.32 Å². The number of nitrogens with one attached hydrogen (secondary N) is 2. The molecule has 0 aliphatic rings. The number of Topliss-reactive ketones (excluding diaryl/α,β-unsaturated/α-hetero) is 1. The van der Waals surface area contributed by atoms with Crippen molar-refractivity contribution in [3.05, 3.63) is 35.8 Å². The van der Waals surface area contributed by atoms with E-state index in [9.17, 15) is 9.59 Å². The van der Waals surface area contributed by atoms with E-state index >= 15 is 0 Å². The number of hydrogen-bond acceptors (Lipinski definition) is 4. The number of hydrogen-bond donors (Lipinski definition) is 2. The van der Waals surface area contributed by atoms with Gasteiger partial charge in [0, 0.05) is 50.2 Å². The molecule has 109 valence electrons. The molecule has 1 aromatic heterocycles. The average Bonchev–Trinajstić information content (AvgIpc) is 2.77. The number of amides is 2. The van der Waals surface area contributed by atoms with E-state index in [1.54, 1.807) is 31.2 Å². The van der Waals surface area contributed by atoms with E-state index in [1.807, 2.05) is 0 Å². The first-order chi connectivity index (χ1) is 9.54. The van der Waals surface area contributed by atoms with Gasteiger partial charge in [-0.1, -0.05) is 31.6 Å². The minimum atomic E-state index is -0.971. The first kappa shape index (κ1) is 19.3. The third-order valence-corrected chi connectivity index (χ3v) is 2.41. The molecule has 7 nitrogen and oxygen atoms in total. The zero-order valence-electron chi connectivity index (χ0n) is 11.2. The van der Waals surface area contributed by atoms with Gasteiger partial charge in [-0.2, -0.15) is 0 Å². The van der Waals surface area contributed by atoms with Crippen LogP contribution in [0.2, 0.25) is 0 Å². The topological polar surface area (TPSA) is 120 Å². The van der Waals surface area contributed by atoms with Crippen molar-refractivity contribution in [2.45, 2.75) is 13.3 Å². The van der Waals surface area contributed by atoms with Crippen LogP contribution in [0.25, 0.3) is 16.7 Å². The summed E-state index contributed by atoms with van der Waals surface area (Å²) in [5.41, 5.74) is 7.73. The molecule has 0 unspecified atom stereocenters. The van der Waals surface area contributed by atoms with Gasteiger partial charge in [-0.05, 0) is 6.07 Å². The molecule has 2 aromatic rings. The van der Waals surface area contributed by atoms with Crippen molar-refractivity contribution >= 4 is 34.9 Å². The van der Waals surface area contributed by atoms with E-state index in [-0.39, 0.29) is 56.4 Å². The zero-order valence-corrected chi connectivity index (χ0v) is 14.0. The number of ketones is 1. The van der Waals surface area contributed by atoms with Gasteiger partial charge in [0.1, 0.15) is 5.58 Å². The van der Waals surface area contributed by atoms with Crippen LogP contribution >= 0.6 is 0 Å². The maximum absolute atomic E-state index is 11.7. The van der Waals surface area contributed by atoms with Crippen LogP contribution in [-0.4, -0.2) is 23.4 Å². The van der Waals surface area contributed by atoms with Crippen molar-refractivity contribution < 1.29 is 56.6 Å². The van der Waals surface area contributed by atoms with Crippen LogP contribution in [0.3, 0.4) is 0 Å². The van der Waals surface area contributed by atoms with Crippen LogP contribution in [0.1, 0.15) is 23.9 Å². The fraction of sp³-hybridized carbons (Fsp3) is 0.154. The largest absolute Gasteiger partial charge is 0.665 e. The molecule has 1 radical (unpaired) electrons. The monoisotopic (exact) mass is 365 g/mol. The van der Waals surface area contributed by atoms with Gasteiger partial charge in [0.25, 0.3) is 0 Å². The van der Waals surface area contributed by atoms with Gasteiger partial charge in [0.2, 0.25) is 0 Å². The number of urea groups is 1. The van der Waals surface area contributed by atoms with Gasteiger partial charge in [-0.3, -0.25) is 9.59 Å². The molecular weight excluding hydrogens is 353 g/mol. The third kappa shape index (κ3) is 4.95. The molecule has 0 spiro atoms. The predicted octanol–water partition coefficient (Wildman–Crippen LogP) is 3.22. The normalized spacial score (nSPS) is 9.00. The molecule has 1 heterocycles. The van der Waals surface area contributed by atoms with Crippen LogP contribution in [0.15, 0.2) is 28.7 Å². The molecule has 21 heavy (non-hydrogen) atoms. The smallest absolute Gasteiger partial charge is 0.198 e. The standard InChI is InChI=1S/C12H12N2O3.CHO2.Y/c1-2-8(15)11-10(14-12(13)16)7-5-3-4-6-9(7)17-11;2-1-3;/h3-6H,2H2,1H3,(H3,13,14,15,16);(H,2,3);/q;-1;/p-1. The molecule has 1 aromatic carbocycles. The average molecular weight is 365 g/mol. The van der Waals surface area contributed by atoms with Gasteiger partial charge in [0.05, 0.1) is 0 Å². The quantitative estimate of drug-likeness (QED) is 0.639. The summed E-state index contributed by atoms with van der Waals surface area (Å²) in [6.07, 6.45) is 0.278. The van der Waals surface area contributed by atoms with Crippen LogP contribution in [0.4, 0.5) is 10.5 Å². The first-order valence-corrected chi connectivity index (χ1v) is 5.63. The predicted molar refractivity (Wildman–Crippen MR) is 72.5 cm³/mol. The Kier molecular flexibility index (Phi) is 8.49. The maximum atomic E-state index is 11.7. The Balaban J connectivity index is 0.000000922. The summed E-state index contributed by atoms with van der Waals surface area (Å²) in [5.74, 6) is -0.0979. The van der Waals surface area contributed by atoms with E-state index in [0.29, 0.717) is 17.4 Å². The second-order valence-corrected chi connectivity index (χ2v) is 3.62. The van der Waals surface area contributed by atoms with E-state index in [4.69, 9.17) is 20.1 Å². The fourth-order valence-corrected chi connectivity index (χ4v) is 1.64. The van der Waals surface area contributed by atoms with Crippen molar-refractivity contribution in [1.82, 2.24) is 0 Å². The second-order valence-electron chi connectivity index (χ2n) is 3.62. The van der Waals surface area contributed by atoms with Gasteiger partial charge in [-0.25, -0.2) is 0 Å². The molecule has 0 atom stereocenters. The van der Waals surface area contributed by atoms with Gasteiger partial charge in [-0.15, -0.1) is 0 Å². The molecule has 2 rings (SSSR count). The number of benzene rings is 1. The Morgan fingerprint density at radius 2 is 1.95 bits per heavy atom. The molecule has 0 aliphatic heterocycles. The molecule has 0 bridgehead atoms. The molecule has 0 saturated carbocycles. The summed E-state index contributed by atoms with van der Waals surface area (Å²) in [6, 6.07) is 6.02. The summed E-state index contributed by atoms with van der Waals surface area (Å²) < 4.78 is 5.41. The van der Waals surface area contributed by atoms with Crippen molar-refractivity contribution in [1.29, 1.82) is 0 Å². The van der Waals surface area contributed by atoms with E-state index < -0.39 is 6.03 Å². The SMILES string of the molecule is CCC(=O)c1oc2ccccc2c1NC([NH-])=O.O=[C-]O.[Y]. The maximum Gasteiger partial charge on any atom is 0.198 e. The Morgan fingerprint density at radius 1 is 1.38 bits per heavy atom. The number of carbonyl (C=O) groups excluding carboxylic acids is 2. The molecule has 8 heteroatoms. The van der Waals surface area contributed by atoms with Crippen molar-refractivity contribution in [2.75, 3.05) is 5.32 Å². The fourth-order valence-electron chi connectivity index (χ4n) is 1.64. The summed E-state index contributed by atoms with van der Waals surface area (Å²) >= 11 is 0. The Morgan fingerprint density at radius 3 is 2.48 bits per heavy atom. The van der Waals surface area contributed by atoms with E-state index in [0.717, 1.165) is 0 Å². The van der Waals surface area contributed by atoms with Crippen molar-refractivity contribution in [3.8, 4) is 0 Å². The van der Waals surface area contributed by atoms with E-state index in [1.165, 1.54) is 0 Å². The van der Waals surface area contributed by atoms with Crippen LogP contribution in [0, 0.1) is 0 Å². The summed E-state index contributed by atoms with van der Waals surface area (Å²) in [4.78, 5) is 30.7. The van der Waals surface area contributed by atoms with Gasteiger partial charge >= 0.3 is 0 Å². The van der Waals surface area contributed by atoms with Gasteiger partial charge < -0.3 is 25.4 Å². The molecule has 0 fully saturated rings. The van der Waals surface area contributed by atoms with Gasteiger partial charge in [0.15, 0.2) is 17.6 Å². The summed E-state index contributed by atoms with van der Waals surface area (Å²) in [6.45, 7) is 2.21. The molecule has 0 saturated heterocycles. The number of furan rings is 1. The summed E-state index contributed by atoms with van der Waals surface area (Å²) in [7, 11) is 0. The summed E-state index contributed by atoms with van der Waals surface area (Å²) in [5, 5.41) is 9.72. The zero-order chi connectivity index (χ0) is 15.1. The molecule has 0 aliphatic carbocycles. The van der Waals surface area contributed by atoms with Crippen LogP contribution in [-0.2, 0) is 37.5 Å². The molecular formula is C13H12N2O5Y-2. The number of anilines is 1. The molecule has 2 amide bonds. The number of rotatable bonds is 3. The number of carbonyl (C=O) groups is 2. The number of para-hydroxylation sites is 1. The Labute approximate surface area is 145 Å². The first-order valence-electron chi connectivity index (χ1n) is 5.63. The Bertz CT molecular complexity index is 639. The van der Waals surface area contributed by atoms with Crippen molar-refractivity contribution in [3.63, 3.8) is 0 Å². The molecule has 3 N–H and O–H groups in total. The minimum absolute atomic E-state index is 0. The minimum Gasteiger partial charge on any atom is -0.665 e. The third-order valence-electron chi connectivity index (χ3n) is 2.41. The number of aliphatic hydroxyl groups excluding tert-OH is 1. The number of fused-ring (bicyclic) bond motifs is 1. The van der Waals surface area contributed by atoms with Crippen molar-refractivity contribution in [2.24, 2.45) is 0 Å².